The van der Waals surface area contributed by atoms with Crippen molar-refractivity contribution in [3.8, 4) is 0 Å². The van der Waals surface area contributed by atoms with Gasteiger partial charge in [0, 0.05) is 79.0 Å². The second-order valence-corrected chi connectivity index (χ2v) is 14.8. The fourth-order valence-corrected chi connectivity index (χ4v) is 5.97. The van der Waals surface area contributed by atoms with Crippen molar-refractivity contribution in [2.24, 2.45) is 0 Å². The number of ether oxygens (including phenoxy) is 2. The summed E-state index contributed by atoms with van der Waals surface area (Å²) >= 11 is 0. The number of hydrogen-bond donors (Lipinski definition) is 4. The molecule has 1 fully saturated rings. The van der Waals surface area contributed by atoms with Gasteiger partial charge in [0.15, 0.2) is 0 Å². The van der Waals surface area contributed by atoms with Gasteiger partial charge in [0.25, 0.3) is 0 Å². The highest BCUT2D eigenvalue weighted by Gasteiger charge is 2.95. The summed E-state index contributed by atoms with van der Waals surface area (Å²) in [5.41, 5.74) is 0. The van der Waals surface area contributed by atoms with Crippen LogP contribution in [0.1, 0.15) is 13.3 Å². The third-order valence-electron chi connectivity index (χ3n) is 10.1. The van der Waals surface area contributed by atoms with Crippen LogP contribution in [0, 0.1) is 0 Å². The molecule has 0 radical (unpaired) electrons. The second-order valence-electron chi connectivity index (χ2n) is 14.8. The minimum absolute atomic E-state index is 0.00627. The lowest BCUT2D eigenvalue weighted by molar-refractivity contribution is -0.462. The molecule has 1 atom stereocenters. The number of hydrogen-bond acceptors (Lipinski definition) is 11. The van der Waals surface area contributed by atoms with Crippen LogP contribution in [0.4, 0.5) is 74.6 Å². The summed E-state index contributed by atoms with van der Waals surface area (Å²) in [7, 11) is 1.13. The topological polar surface area (TPSA) is 193 Å². The van der Waals surface area contributed by atoms with Crippen molar-refractivity contribution in [2.45, 2.75) is 67.0 Å². The first-order valence-corrected chi connectivity index (χ1v) is 19.3. The number of alkyl halides is 17. The first-order chi connectivity index (χ1) is 30.4. The van der Waals surface area contributed by atoms with Gasteiger partial charge in [-0.1, -0.05) is 0 Å². The Labute approximate surface area is 368 Å². The predicted octanol–water partition coefficient (Wildman–Crippen LogP) is 2.86. The highest BCUT2D eigenvalue weighted by atomic mass is 19.4. The van der Waals surface area contributed by atoms with Gasteiger partial charge in [-0.2, -0.15) is 74.6 Å². The smallest absolute Gasteiger partial charge is 0.460 e. The van der Waals surface area contributed by atoms with Crippen LogP contribution in [0.5, 0.6) is 0 Å². The monoisotopic (exact) mass is 1020 g/mol. The van der Waals surface area contributed by atoms with Crippen LogP contribution < -0.4 is 5.32 Å². The molecule has 0 aromatic rings. The van der Waals surface area contributed by atoms with E-state index >= 15 is 0 Å². The molecule has 1 rings (SSSR count). The molecule has 392 valence electrons. The van der Waals surface area contributed by atoms with E-state index in [0.717, 1.165) is 12.0 Å². The first kappa shape index (κ1) is 60.9. The zero-order valence-electron chi connectivity index (χ0n) is 35.2. The van der Waals surface area contributed by atoms with Gasteiger partial charge in [0.2, 0.25) is 11.8 Å². The molecule has 1 saturated heterocycles. The van der Waals surface area contributed by atoms with Crippen LogP contribution in [-0.2, 0) is 33.4 Å². The molecule has 4 N–H and O–H groups in total. The van der Waals surface area contributed by atoms with Crippen LogP contribution in [0.2, 0.25) is 0 Å². The number of nitrogens with one attached hydrogen (secondary N) is 1. The zero-order chi connectivity index (χ0) is 52.2. The summed E-state index contributed by atoms with van der Waals surface area (Å²) in [6, 6.07) is -1.12. The predicted molar refractivity (Wildman–Crippen MR) is 191 cm³/mol. The number of carbonyl (C=O) groups is 5. The van der Waals surface area contributed by atoms with E-state index in [2.05, 4.69) is 10.1 Å². The van der Waals surface area contributed by atoms with Crippen LogP contribution in [0.15, 0.2) is 0 Å². The quantitative estimate of drug-likeness (QED) is 0.0771. The maximum absolute atomic E-state index is 14.3. The van der Waals surface area contributed by atoms with Gasteiger partial charge in [-0.15, -0.1) is 0 Å². The lowest BCUT2D eigenvalue weighted by atomic mass is 9.88. The highest BCUT2D eigenvalue weighted by molar-refractivity contribution is 5.87. The number of carboxylic acid groups (broad SMARTS) is 3. The first-order valence-electron chi connectivity index (χ1n) is 19.3. The number of carboxylic acids is 3. The molecule has 67 heavy (non-hydrogen) atoms. The zero-order valence-corrected chi connectivity index (χ0v) is 35.2. The van der Waals surface area contributed by atoms with E-state index in [1.165, 1.54) is 26.5 Å². The molecule has 0 bridgehead atoms. The van der Waals surface area contributed by atoms with Crippen LogP contribution >= 0.6 is 0 Å². The Hall–Kier alpha value is -4.08. The van der Waals surface area contributed by atoms with Gasteiger partial charge in [-0.3, -0.25) is 43.6 Å². The highest BCUT2D eigenvalue weighted by Crippen LogP contribution is 2.64. The average Bonchev–Trinajstić information content (AvgIpc) is 3.18. The summed E-state index contributed by atoms with van der Waals surface area (Å²) < 4.78 is 240. The van der Waals surface area contributed by atoms with E-state index in [0.29, 0.717) is 0 Å². The largest absolute Gasteiger partial charge is 0.480 e. The molecule has 0 spiro atoms. The number of aliphatic carboxylic acids is 3. The van der Waals surface area contributed by atoms with Crippen LogP contribution in [0.3, 0.4) is 0 Å². The molecular weight excluding hydrogens is 975 g/mol. The number of carbonyl (C=O) groups excluding carboxylic acids is 2. The molecule has 2 amide bonds. The van der Waals surface area contributed by atoms with Gasteiger partial charge in [-0.05, 0) is 6.92 Å². The summed E-state index contributed by atoms with van der Waals surface area (Å²) in [5, 5.41) is 30.4. The molecule has 16 nitrogen and oxygen atoms in total. The third-order valence-corrected chi connectivity index (χ3v) is 10.1. The summed E-state index contributed by atoms with van der Waals surface area (Å²) in [4.78, 5) is 67.5. The summed E-state index contributed by atoms with van der Waals surface area (Å²) in [5.74, 6) is -62.9. The molecule has 33 heteroatoms. The number of rotatable bonds is 25. The Kier molecular flexibility index (Phi) is 21.8. The van der Waals surface area contributed by atoms with Gasteiger partial charge >= 0.3 is 65.5 Å². The molecule has 0 aliphatic carbocycles. The second kappa shape index (κ2) is 24.0. The molecule has 0 aromatic carbocycles. The Balaban J connectivity index is 3.08. The van der Waals surface area contributed by atoms with E-state index < -0.39 is 136 Å². The van der Waals surface area contributed by atoms with Crippen molar-refractivity contribution in [1.82, 2.24) is 29.8 Å². The van der Waals surface area contributed by atoms with E-state index in [9.17, 15) is 114 Å². The van der Waals surface area contributed by atoms with Crippen molar-refractivity contribution in [3.63, 3.8) is 0 Å². The average molecular weight is 1020 g/mol. The molecule has 0 saturated carbocycles. The number of methoxy groups -OCH3 is 1. The minimum atomic E-state index is -8.76. The molecular formula is C34H47F17N6O10. The minimum Gasteiger partial charge on any atom is -0.480 e. The standard InChI is InChI=1S/C34H47F17N6O10/c1-21(56-10-8-54(19-24(61)62)6-4-53(18-23(59)60)5-7-55(9-11-56)20-25(63)64)26(65)52-17-22(58)57(12-15-66-2)13-16-67-14-3-27(35,36)28(37,38)29(39,40)30(41,42)31(43,44)32(45,46)33(47,48)34(49,50)51/h21H,3-20H2,1-2H3,(H,52,65)(H,59,60)(H,61,62)(H,63,64). The lowest BCUT2D eigenvalue weighted by Crippen LogP contribution is -2.74. The molecule has 1 aliphatic rings. The number of amides is 2. The molecule has 1 heterocycles. The van der Waals surface area contributed by atoms with Gasteiger partial charge < -0.3 is 35.0 Å². The number of nitrogens with zero attached hydrogens (tertiary/aromatic N) is 5. The normalized spacial score (nSPS) is 17.6. The van der Waals surface area contributed by atoms with Crippen molar-refractivity contribution in [2.75, 3.05) is 119 Å². The fraction of sp³-hybridized carbons (Fsp3) is 0.853. The lowest BCUT2D eigenvalue weighted by Gasteiger charge is -2.42. The Morgan fingerprint density at radius 1 is 0.552 bits per heavy atom. The van der Waals surface area contributed by atoms with Gasteiger partial charge in [0.1, 0.15) is 0 Å². The van der Waals surface area contributed by atoms with Crippen molar-refractivity contribution in [1.29, 1.82) is 0 Å². The Bertz CT molecular complexity index is 1630. The van der Waals surface area contributed by atoms with Gasteiger partial charge in [-0.25, -0.2) is 0 Å². The fourth-order valence-electron chi connectivity index (χ4n) is 5.97. The third kappa shape index (κ3) is 15.2. The Morgan fingerprint density at radius 3 is 1.28 bits per heavy atom. The number of halogens is 17. The molecule has 1 aliphatic heterocycles. The Morgan fingerprint density at radius 2 is 0.910 bits per heavy atom. The maximum atomic E-state index is 14.3. The van der Waals surface area contributed by atoms with E-state index in [-0.39, 0.29) is 65.5 Å². The summed E-state index contributed by atoms with van der Waals surface area (Å²) in [6.45, 7) is -5.06. The van der Waals surface area contributed by atoms with E-state index in [1.54, 1.807) is 0 Å². The van der Waals surface area contributed by atoms with Crippen molar-refractivity contribution < 1.29 is 123 Å². The van der Waals surface area contributed by atoms with Crippen LogP contribution in [0.25, 0.3) is 0 Å². The van der Waals surface area contributed by atoms with E-state index in [4.69, 9.17) is 4.74 Å². The van der Waals surface area contributed by atoms with Crippen molar-refractivity contribution >= 4 is 29.7 Å². The van der Waals surface area contributed by atoms with Crippen LogP contribution in [-0.4, -0.2) is 242 Å². The molecule has 1 unspecified atom stereocenters. The van der Waals surface area contributed by atoms with E-state index in [1.807, 2.05) is 0 Å². The van der Waals surface area contributed by atoms with Crippen molar-refractivity contribution in [3.05, 3.63) is 0 Å². The maximum Gasteiger partial charge on any atom is 0.460 e. The SMILES string of the molecule is COCCN(CCOCCC(F)(F)C(F)(F)C(F)(F)C(F)(F)C(F)(F)C(F)(F)C(F)(F)C(F)(F)F)C(=O)CNC(=O)C(C)N1CCN(CC(=O)O)CCN(CC(=O)O)CCN(CC(=O)O)CC1. The molecule has 0 aromatic heterocycles. The van der Waals surface area contributed by atoms with Gasteiger partial charge in [0.05, 0.1) is 52.0 Å². The summed E-state index contributed by atoms with van der Waals surface area (Å²) in [6.07, 6.45) is -10.7.